The number of fused-ring (bicyclic) bond motifs is 1. The Morgan fingerprint density at radius 3 is 2.33 bits per heavy atom. The van der Waals surface area contributed by atoms with Crippen LogP contribution in [0.15, 0.2) is 67.0 Å². The van der Waals surface area contributed by atoms with Gasteiger partial charge in [-0.15, -0.1) is 0 Å². The van der Waals surface area contributed by atoms with Crippen molar-refractivity contribution in [1.82, 2.24) is 29.7 Å². The summed E-state index contributed by atoms with van der Waals surface area (Å²) in [6.45, 7) is 7.24. The highest BCUT2D eigenvalue weighted by atomic mass is 16.6. The second-order valence-corrected chi connectivity index (χ2v) is 11.2. The van der Waals surface area contributed by atoms with Gasteiger partial charge in [0.1, 0.15) is 12.2 Å². The number of carbonyl (C=O) groups excluding carboxylic acids is 1. The number of ether oxygens (including phenoxy) is 2. The van der Waals surface area contributed by atoms with Crippen molar-refractivity contribution in [3.05, 3.63) is 78.1 Å². The number of aliphatic hydroxyl groups is 2. The third-order valence-electron chi connectivity index (χ3n) is 8.24. The van der Waals surface area contributed by atoms with Gasteiger partial charge in [-0.05, 0) is 18.1 Å². The van der Waals surface area contributed by atoms with Crippen molar-refractivity contribution in [2.45, 2.75) is 37.4 Å². The molecule has 2 saturated heterocycles. The number of aliphatic hydroxyl groups excluding tert-OH is 2. The maximum absolute atomic E-state index is 12.5. The zero-order valence-electron chi connectivity index (χ0n) is 25.2. The Balaban J connectivity index is 1.30. The van der Waals surface area contributed by atoms with Gasteiger partial charge in [0.25, 0.3) is 5.91 Å². The molecule has 2 aromatic heterocycles. The van der Waals surface area contributed by atoms with E-state index in [-0.39, 0.29) is 5.92 Å². The standard InChI is InChI=1S/C32H40N8O5/c1-2-33-30(43)27-25(41)26(42)31(45-27)40-20-36-24-28(37-32(38-29(24)40)34-13-14-39-15-17-44-18-16-39)35-19-23(21-9-5-3-6-10-21)22-11-7-4-8-12-22/h3-12,20,23,25-27,31,41-42H,2,13-19H2,1H3,(H,33,43)(H2,34,35,37,38)/t25-,26+,27-,31+/m0/s1. The number of imidazole rings is 1. The van der Waals surface area contributed by atoms with Crippen molar-refractivity contribution < 1.29 is 24.5 Å². The molecule has 4 heterocycles. The molecule has 45 heavy (non-hydrogen) atoms. The Labute approximate surface area is 261 Å². The Bertz CT molecular complexity index is 1510. The number of hydrogen-bond donors (Lipinski definition) is 5. The molecule has 2 aromatic carbocycles. The highest BCUT2D eigenvalue weighted by Crippen LogP contribution is 2.34. The molecule has 2 aliphatic heterocycles. The molecule has 13 heteroatoms. The zero-order chi connectivity index (χ0) is 31.2. The smallest absolute Gasteiger partial charge is 0.252 e. The van der Waals surface area contributed by atoms with Gasteiger partial charge in [-0.3, -0.25) is 14.3 Å². The Morgan fingerprint density at radius 1 is 0.978 bits per heavy atom. The van der Waals surface area contributed by atoms with E-state index in [4.69, 9.17) is 19.4 Å². The molecule has 0 aliphatic carbocycles. The maximum atomic E-state index is 12.5. The van der Waals surface area contributed by atoms with Gasteiger partial charge in [-0.2, -0.15) is 9.97 Å². The first-order valence-corrected chi connectivity index (χ1v) is 15.4. The lowest BCUT2D eigenvalue weighted by atomic mass is 9.91. The van der Waals surface area contributed by atoms with Crippen LogP contribution in [-0.4, -0.2) is 111 Å². The average Bonchev–Trinajstić information content (AvgIpc) is 3.63. The van der Waals surface area contributed by atoms with Crippen molar-refractivity contribution >= 4 is 28.8 Å². The number of likely N-dealkylation sites (N-methyl/N-ethyl adjacent to an activating group) is 1. The third kappa shape index (κ3) is 6.92. The lowest BCUT2D eigenvalue weighted by molar-refractivity contribution is -0.137. The van der Waals surface area contributed by atoms with Gasteiger partial charge in [0.05, 0.1) is 19.5 Å². The Kier molecular flexibility index (Phi) is 9.81. The summed E-state index contributed by atoms with van der Waals surface area (Å²) in [6.07, 6.45) is -3.61. The van der Waals surface area contributed by atoms with E-state index >= 15 is 0 Å². The van der Waals surface area contributed by atoms with Gasteiger partial charge in [0.2, 0.25) is 5.95 Å². The van der Waals surface area contributed by atoms with E-state index < -0.39 is 30.4 Å². The summed E-state index contributed by atoms with van der Waals surface area (Å²) in [5.41, 5.74) is 3.18. The number of morpholine rings is 1. The van der Waals surface area contributed by atoms with E-state index in [0.29, 0.717) is 55.8 Å². The molecule has 2 aliphatic rings. The molecule has 2 fully saturated rings. The second kappa shape index (κ2) is 14.3. The van der Waals surface area contributed by atoms with E-state index in [0.717, 1.165) is 30.8 Å². The minimum Gasteiger partial charge on any atom is -0.387 e. The van der Waals surface area contributed by atoms with Crippen LogP contribution in [0, 0.1) is 0 Å². The average molecular weight is 617 g/mol. The van der Waals surface area contributed by atoms with Crippen LogP contribution >= 0.6 is 0 Å². The highest BCUT2D eigenvalue weighted by molar-refractivity contribution is 5.85. The molecule has 0 unspecified atom stereocenters. The van der Waals surface area contributed by atoms with Gasteiger partial charge in [-0.1, -0.05) is 60.7 Å². The van der Waals surface area contributed by atoms with Crippen LogP contribution in [0.2, 0.25) is 0 Å². The molecule has 0 radical (unpaired) electrons. The number of anilines is 2. The molecular formula is C32H40N8O5. The van der Waals surface area contributed by atoms with E-state index in [1.807, 2.05) is 36.4 Å². The molecular weight excluding hydrogens is 576 g/mol. The van der Waals surface area contributed by atoms with Crippen LogP contribution < -0.4 is 16.0 Å². The molecule has 13 nitrogen and oxygen atoms in total. The van der Waals surface area contributed by atoms with Crippen LogP contribution in [0.5, 0.6) is 0 Å². The molecule has 0 bridgehead atoms. The van der Waals surface area contributed by atoms with Gasteiger partial charge in [0, 0.05) is 45.2 Å². The van der Waals surface area contributed by atoms with Crippen molar-refractivity contribution in [2.75, 3.05) is 63.1 Å². The lowest BCUT2D eigenvalue weighted by Crippen LogP contribution is -2.42. The van der Waals surface area contributed by atoms with Crippen LogP contribution in [0.4, 0.5) is 11.8 Å². The van der Waals surface area contributed by atoms with E-state index in [1.165, 1.54) is 6.33 Å². The molecule has 4 aromatic rings. The predicted molar refractivity (Wildman–Crippen MR) is 169 cm³/mol. The zero-order valence-corrected chi connectivity index (χ0v) is 25.2. The van der Waals surface area contributed by atoms with Crippen LogP contribution in [0.25, 0.3) is 11.2 Å². The normalized spacial score (nSPS) is 22.1. The fourth-order valence-electron chi connectivity index (χ4n) is 5.83. The number of benzene rings is 2. The van der Waals surface area contributed by atoms with Crippen LogP contribution in [0.3, 0.4) is 0 Å². The monoisotopic (exact) mass is 616 g/mol. The lowest BCUT2D eigenvalue weighted by Gasteiger charge is -2.26. The summed E-state index contributed by atoms with van der Waals surface area (Å²) in [4.78, 5) is 29.0. The van der Waals surface area contributed by atoms with Gasteiger partial charge >= 0.3 is 0 Å². The number of carbonyl (C=O) groups is 1. The minimum absolute atomic E-state index is 0.0326. The fraction of sp³-hybridized carbons (Fsp3) is 0.438. The first-order valence-electron chi connectivity index (χ1n) is 15.4. The summed E-state index contributed by atoms with van der Waals surface area (Å²) in [6, 6.07) is 20.6. The SMILES string of the molecule is CCNC(=O)[C@H]1O[C@@H](n2cnc3c(NCC(c4ccccc4)c4ccccc4)nc(NCCN4CCOCC4)nc32)[C@H](O)[C@@H]1O. The first kappa shape index (κ1) is 30.9. The molecule has 238 valence electrons. The number of aromatic nitrogens is 4. The van der Waals surface area contributed by atoms with E-state index in [9.17, 15) is 15.0 Å². The van der Waals surface area contributed by atoms with E-state index in [2.05, 4.69) is 50.1 Å². The van der Waals surface area contributed by atoms with E-state index in [1.54, 1.807) is 11.5 Å². The number of nitrogens with zero attached hydrogens (tertiary/aromatic N) is 5. The van der Waals surface area contributed by atoms with Crippen molar-refractivity contribution in [2.24, 2.45) is 0 Å². The topological polar surface area (TPSA) is 159 Å². The van der Waals surface area contributed by atoms with Gasteiger partial charge in [-0.25, -0.2) is 4.98 Å². The molecule has 4 atom stereocenters. The highest BCUT2D eigenvalue weighted by Gasteiger charge is 2.47. The van der Waals surface area contributed by atoms with Gasteiger partial charge in [0.15, 0.2) is 29.3 Å². The van der Waals surface area contributed by atoms with Crippen molar-refractivity contribution in [1.29, 1.82) is 0 Å². The summed E-state index contributed by atoms with van der Waals surface area (Å²) >= 11 is 0. The Hall–Kier alpha value is -4.14. The second-order valence-electron chi connectivity index (χ2n) is 11.2. The number of nitrogens with one attached hydrogen (secondary N) is 3. The predicted octanol–water partition coefficient (Wildman–Crippen LogP) is 1.57. The van der Waals surface area contributed by atoms with Crippen LogP contribution in [-0.2, 0) is 14.3 Å². The summed E-state index contributed by atoms with van der Waals surface area (Å²) in [5.74, 6) is 0.429. The van der Waals surface area contributed by atoms with Gasteiger partial charge < -0.3 is 35.6 Å². The largest absolute Gasteiger partial charge is 0.387 e. The summed E-state index contributed by atoms with van der Waals surface area (Å²) < 4.78 is 12.9. The van der Waals surface area contributed by atoms with Crippen LogP contribution in [0.1, 0.15) is 30.2 Å². The minimum atomic E-state index is -1.41. The molecule has 5 N–H and O–H groups in total. The van der Waals surface area contributed by atoms with Crippen molar-refractivity contribution in [3.63, 3.8) is 0 Å². The molecule has 0 saturated carbocycles. The molecule has 6 rings (SSSR count). The summed E-state index contributed by atoms with van der Waals surface area (Å²) in [5, 5.41) is 31.1. The van der Waals surface area contributed by atoms with Crippen molar-refractivity contribution in [3.8, 4) is 0 Å². The number of amides is 1. The first-order chi connectivity index (χ1) is 22.0. The number of hydrogen-bond acceptors (Lipinski definition) is 11. The molecule has 1 amide bonds. The summed E-state index contributed by atoms with van der Waals surface area (Å²) in [7, 11) is 0. The maximum Gasteiger partial charge on any atom is 0.252 e. The number of rotatable bonds is 12. The molecule has 0 spiro atoms. The Morgan fingerprint density at radius 2 is 1.67 bits per heavy atom. The quantitative estimate of drug-likeness (QED) is 0.157. The fourth-order valence-corrected chi connectivity index (χ4v) is 5.83. The third-order valence-corrected chi connectivity index (χ3v) is 8.24.